The van der Waals surface area contributed by atoms with Crippen molar-refractivity contribution in [2.75, 3.05) is 5.32 Å². The van der Waals surface area contributed by atoms with E-state index in [2.05, 4.69) is 46.4 Å². The normalized spacial score (nSPS) is 11.6. The highest BCUT2D eigenvalue weighted by Crippen LogP contribution is 2.22. The van der Waals surface area contributed by atoms with Gasteiger partial charge in [0.1, 0.15) is 0 Å². The molecule has 0 saturated carbocycles. The molecule has 19 heavy (non-hydrogen) atoms. The Kier molecular flexibility index (Phi) is 4.59. The highest BCUT2D eigenvalue weighted by molar-refractivity contribution is 9.10. The molecule has 0 fully saturated rings. The second kappa shape index (κ2) is 6.40. The number of nitrogens with zero attached hydrogens (tertiary/aromatic N) is 1. The Bertz CT molecular complexity index is 584. The maximum atomic E-state index is 8.64. The van der Waals surface area contributed by atoms with Crippen LogP contribution < -0.4 is 5.32 Å². The van der Waals surface area contributed by atoms with E-state index in [1.54, 1.807) is 0 Å². The molecule has 0 aliphatic carbocycles. The number of hydrogen-bond donors (Lipinski definition) is 1. The lowest BCUT2D eigenvalue weighted by Crippen LogP contribution is -2.06. The summed E-state index contributed by atoms with van der Waals surface area (Å²) >= 11 is 3.48. The van der Waals surface area contributed by atoms with Gasteiger partial charge < -0.3 is 5.32 Å². The molecular formula is C16H15BrN2. The minimum atomic E-state index is 0.235. The van der Waals surface area contributed by atoms with Gasteiger partial charge in [-0.25, -0.2) is 0 Å². The van der Waals surface area contributed by atoms with E-state index in [0.29, 0.717) is 6.42 Å². The van der Waals surface area contributed by atoms with E-state index in [1.807, 2.05) is 36.4 Å². The van der Waals surface area contributed by atoms with Gasteiger partial charge in [-0.05, 0) is 42.3 Å². The van der Waals surface area contributed by atoms with Crippen molar-refractivity contribution < 1.29 is 0 Å². The van der Waals surface area contributed by atoms with Gasteiger partial charge in [0.25, 0.3) is 0 Å². The summed E-state index contributed by atoms with van der Waals surface area (Å²) in [5, 5.41) is 12.1. The fourth-order valence-electron chi connectivity index (χ4n) is 1.92. The predicted octanol–water partition coefficient (Wildman–Crippen LogP) is 4.69. The Balaban J connectivity index is 2.06. The van der Waals surface area contributed by atoms with E-state index in [-0.39, 0.29) is 6.04 Å². The van der Waals surface area contributed by atoms with Gasteiger partial charge in [0.05, 0.1) is 12.5 Å². The summed E-state index contributed by atoms with van der Waals surface area (Å²) in [5.41, 5.74) is 3.34. The van der Waals surface area contributed by atoms with Crippen molar-refractivity contribution in [3.63, 3.8) is 0 Å². The van der Waals surface area contributed by atoms with Gasteiger partial charge in [-0.15, -0.1) is 0 Å². The van der Waals surface area contributed by atoms with Crippen LogP contribution in [0.3, 0.4) is 0 Å². The zero-order chi connectivity index (χ0) is 13.7. The molecule has 0 heterocycles. The average molecular weight is 315 g/mol. The lowest BCUT2D eigenvalue weighted by atomic mass is 10.1. The number of rotatable bonds is 4. The molecule has 2 aromatic carbocycles. The van der Waals surface area contributed by atoms with Gasteiger partial charge in [0, 0.05) is 16.2 Å². The zero-order valence-corrected chi connectivity index (χ0v) is 12.3. The number of nitrogens with one attached hydrogen (secondary N) is 1. The second-order valence-corrected chi connectivity index (χ2v) is 5.37. The van der Waals surface area contributed by atoms with Gasteiger partial charge in [-0.1, -0.05) is 40.2 Å². The minimum absolute atomic E-state index is 0.235. The van der Waals surface area contributed by atoms with E-state index in [1.165, 1.54) is 5.56 Å². The molecule has 0 bridgehead atoms. The van der Waals surface area contributed by atoms with Crippen LogP contribution in [-0.2, 0) is 6.42 Å². The Morgan fingerprint density at radius 3 is 2.58 bits per heavy atom. The molecule has 0 spiro atoms. The maximum absolute atomic E-state index is 8.64. The van der Waals surface area contributed by atoms with Gasteiger partial charge in [0.15, 0.2) is 0 Å². The molecule has 3 heteroatoms. The molecule has 1 atom stereocenters. The summed E-state index contributed by atoms with van der Waals surface area (Å²) in [7, 11) is 0. The van der Waals surface area contributed by atoms with Crippen LogP contribution >= 0.6 is 15.9 Å². The third-order valence-electron chi connectivity index (χ3n) is 2.97. The summed E-state index contributed by atoms with van der Waals surface area (Å²) < 4.78 is 1.09. The molecule has 0 saturated heterocycles. The molecule has 0 aliphatic rings. The van der Waals surface area contributed by atoms with Crippen LogP contribution in [-0.4, -0.2) is 0 Å². The van der Waals surface area contributed by atoms with E-state index >= 15 is 0 Å². The van der Waals surface area contributed by atoms with E-state index in [9.17, 15) is 0 Å². The van der Waals surface area contributed by atoms with Crippen molar-refractivity contribution in [2.45, 2.75) is 19.4 Å². The topological polar surface area (TPSA) is 35.8 Å². The molecule has 0 aliphatic heterocycles. The Morgan fingerprint density at radius 1 is 1.21 bits per heavy atom. The molecule has 1 unspecified atom stereocenters. The first-order chi connectivity index (χ1) is 9.19. The fourth-order valence-corrected chi connectivity index (χ4v) is 2.34. The summed E-state index contributed by atoms with van der Waals surface area (Å²) in [6, 6.07) is 18.7. The number of nitriles is 1. The average Bonchev–Trinajstić information content (AvgIpc) is 2.41. The quantitative estimate of drug-likeness (QED) is 0.888. The summed E-state index contributed by atoms with van der Waals surface area (Å²) in [6.45, 7) is 2.13. The van der Waals surface area contributed by atoms with Crippen LogP contribution in [0.1, 0.15) is 24.1 Å². The van der Waals surface area contributed by atoms with Crippen LogP contribution in [0.2, 0.25) is 0 Å². The number of anilines is 1. The van der Waals surface area contributed by atoms with Crippen molar-refractivity contribution in [1.29, 1.82) is 5.26 Å². The van der Waals surface area contributed by atoms with Crippen LogP contribution in [0.25, 0.3) is 0 Å². The highest BCUT2D eigenvalue weighted by Gasteiger charge is 2.05. The molecule has 2 nitrogen and oxygen atoms in total. The van der Waals surface area contributed by atoms with Gasteiger partial charge in [0.2, 0.25) is 0 Å². The number of halogens is 1. The van der Waals surface area contributed by atoms with Crippen molar-refractivity contribution in [3.05, 3.63) is 64.1 Å². The van der Waals surface area contributed by atoms with Gasteiger partial charge >= 0.3 is 0 Å². The largest absolute Gasteiger partial charge is 0.379 e. The van der Waals surface area contributed by atoms with E-state index in [4.69, 9.17) is 5.26 Å². The maximum Gasteiger partial charge on any atom is 0.0669 e. The molecule has 0 aromatic heterocycles. The number of hydrogen-bond acceptors (Lipinski definition) is 2. The first kappa shape index (κ1) is 13.6. The van der Waals surface area contributed by atoms with Crippen LogP contribution in [0.4, 0.5) is 5.69 Å². The predicted molar refractivity (Wildman–Crippen MR) is 81.9 cm³/mol. The zero-order valence-electron chi connectivity index (χ0n) is 10.7. The first-order valence-corrected chi connectivity index (χ1v) is 6.96. The monoisotopic (exact) mass is 314 g/mol. The van der Waals surface area contributed by atoms with Crippen molar-refractivity contribution >= 4 is 21.6 Å². The molecular weight excluding hydrogens is 300 g/mol. The first-order valence-electron chi connectivity index (χ1n) is 6.17. The highest BCUT2D eigenvalue weighted by atomic mass is 79.9. The van der Waals surface area contributed by atoms with Gasteiger partial charge in [-0.3, -0.25) is 0 Å². The van der Waals surface area contributed by atoms with Crippen molar-refractivity contribution in [2.24, 2.45) is 0 Å². The number of benzene rings is 2. The summed E-state index contributed by atoms with van der Waals surface area (Å²) in [6.07, 6.45) is 0.460. The lowest BCUT2D eigenvalue weighted by molar-refractivity contribution is 0.883. The lowest BCUT2D eigenvalue weighted by Gasteiger charge is -2.16. The Labute approximate surface area is 122 Å². The fraction of sp³-hybridized carbons (Fsp3) is 0.188. The van der Waals surface area contributed by atoms with Crippen molar-refractivity contribution in [3.8, 4) is 6.07 Å². The van der Waals surface area contributed by atoms with Crippen LogP contribution in [0, 0.1) is 11.3 Å². The molecule has 1 N–H and O–H groups in total. The minimum Gasteiger partial charge on any atom is -0.379 e. The van der Waals surface area contributed by atoms with E-state index in [0.717, 1.165) is 15.7 Å². The van der Waals surface area contributed by atoms with Crippen molar-refractivity contribution in [1.82, 2.24) is 0 Å². The van der Waals surface area contributed by atoms with E-state index < -0.39 is 0 Å². The Morgan fingerprint density at radius 2 is 1.95 bits per heavy atom. The third-order valence-corrected chi connectivity index (χ3v) is 3.46. The SMILES string of the molecule is CC(Nc1ccc(CC#N)cc1)c1cccc(Br)c1. The molecule has 2 aromatic rings. The third kappa shape index (κ3) is 3.84. The summed E-state index contributed by atoms with van der Waals surface area (Å²) in [5.74, 6) is 0. The second-order valence-electron chi connectivity index (χ2n) is 4.45. The molecule has 0 amide bonds. The standard InChI is InChI=1S/C16H15BrN2/c1-12(14-3-2-4-15(17)11-14)19-16-7-5-13(6-8-16)9-10-18/h2-8,11-12,19H,9H2,1H3. The molecule has 96 valence electrons. The van der Waals surface area contributed by atoms with Crippen LogP contribution in [0.5, 0.6) is 0 Å². The van der Waals surface area contributed by atoms with Crippen LogP contribution in [0.15, 0.2) is 53.0 Å². The molecule has 2 rings (SSSR count). The molecule has 0 radical (unpaired) electrons. The summed E-state index contributed by atoms with van der Waals surface area (Å²) in [4.78, 5) is 0. The van der Waals surface area contributed by atoms with Gasteiger partial charge in [-0.2, -0.15) is 5.26 Å². The smallest absolute Gasteiger partial charge is 0.0669 e. The Hall–Kier alpha value is -1.79.